The topological polar surface area (TPSA) is 90.6 Å². The highest BCUT2D eigenvalue weighted by molar-refractivity contribution is 5.93. The quantitative estimate of drug-likeness (QED) is 0.769. The van der Waals surface area contributed by atoms with Crippen LogP contribution in [0.25, 0.3) is 11.3 Å². The third-order valence-corrected chi connectivity index (χ3v) is 4.73. The largest absolute Gasteiger partial charge is 0.329 e. The van der Waals surface area contributed by atoms with E-state index in [0.717, 1.165) is 48.3 Å². The van der Waals surface area contributed by atoms with Gasteiger partial charge in [-0.25, -0.2) is 0 Å². The number of hydrogen-bond donors (Lipinski definition) is 2. The molecule has 1 aliphatic heterocycles. The van der Waals surface area contributed by atoms with Gasteiger partial charge >= 0.3 is 0 Å². The number of carbonyl (C=O) groups excluding carboxylic acids is 1. The van der Waals surface area contributed by atoms with E-state index in [0.29, 0.717) is 5.69 Å². The molecule has 1 saturated heterocycles. The van der Waals surface area contributed by atoms with E-state index in [2.05, 4.69) is 25.4 Å². The monoisotopic (exact) mass is 336 g/mol. The summed E-state index contributed by atoms with van der Waals surface area (Å²) in [5, 5.41) is 14.3. The number of likely N-dealkylation sites (tertiary alicyclic amines) is 1. The molecular formula is C18H20N6O. The zero-order valence-corrected chi connectivity index (χ0v) is 14.1. The molecule has 0 spiro atoms. The predicted molar refractivity (Wildman–Crippen MR) is 92.8 cm³/mol. The Kier molecular flexibility index (Phi) is 4.05. The van der Waals surface area contributed by atoms with Crippen LogP contribution in [0.15, 0.2) is 36.8 Å². The maximum absolute atomic E-state index is 13.1. The van der Waals surface area contributed by atoms with Crippen molar-refractivity contribution in [2.24, 2.45) is 0 Å². The Balaban J connectivity index is 1.61. The van der Waals surface area contributed by atoms with Crippen molar-refractivity contribution in [1.29, 1.82) is 0 Å². The van der Waals surface area contributed by atoms with Crippen LogP contribution >= 0.6 is 0 Å². The normalized spacial score (nSPS) is 17.6. The molecule has 1 atom stereocenters. The molecule has 1 aliphatic rings. The molecule has 3 aromatic rings. The van der Waals surface area contributed by atoms with Gasteiger partial charge in [-0.1, -0.05) is 0 Å². The number of nitrogens with one attached hydrogen (secondary N) is 2. The van der Waals surface area contributed by atoms with Gasteiger partial charge in [0.25, 0.3) is 5.91 Å². The van der Waals surface area contributed by atoms with Crippen molar-refractivity contribution in [2.75, 3.05) is 6.54 Å². The number of nitrogens with zero attached hydrogens (tertiary/aromatic N) is 4. The first kappa shape index (κ1) is 15.6. The van der Waals surface area contributed by atoms with Crippen molar-refractivity contribution >= 4 is 5.91 Å². The minimum absolute atomic E-state index is 0.0265. The second-order valence-electron chi connectivity index (χ2n) is 6.39. The lowest BCUT2D eigenvalue weighted by molar-refractivity contribution is 0.0599. The van der Waals surface area contributed by atoms with Gasteiger partial charge < -0.3 is 4.90 Å². The number of aromatic nitrogens is 5. The maximum atomic E-state index is 13.1. The zero-order valence-electron chi connectivity index (χ0n) is 14.1. The summed E-state index contributed by atoms with van der Waals surface area (Å²) >= 11 is 0. The number of carbonyl (C=O) groups is 1. The van der Waals surface area contributed by atoms with Gasteiger partial charge in [-0.15, -0.1) is 0 Å². The molecule has 0 radical (unpaired) electrons. The van der Waals surface area contributed by atoms with Crippen LogP contribution in [0, 0.1) is 6.92 Å². The van der Waals surface area contributed by atoms with E-state index in [-0.39, 0.29) is 11.9 Å². The molecule has 0 bridgehead atoms. The molecule has 1 fully saturated rings. The highest BCUT2D eigenvalue weighted by atomic mass is 16.2. The molecule has 3 aromatic heterocycles. The highest BCUT2D eigenvalue weighted by Crippen LogP contribution is 2.32. The number of pyridine rings is 1. The minimum atomic E-state index is -0.0265. The lowest BCUT2D eigenvalue weighted by Gasteiger charge is -2.35. The van der Waals surface area contributed by atoms with Gasteiger partial charge in [0.15, 0.2) is 0 Å². The summed E-state index contributed by atoms with van der Waals surface area (Å²) in [6, 6.07) is 5.61. The SMILES string of the molecule is Cc1cn[nH]c1[C@H]1CCCCN1C(=O)c1cc(-c2cccnc2)n[nH]1. The summed E-state index contributed by atoms with van der Waals surface area (Å²) < 4.78 is 0. The molecule has 4 rings (SSSR count). The van der Waals surface area contributed by atoms with Crippen molar-refractivity contribution in [3.63, 3.8) is 0 Å². The molecule has 0 unspecified atom stereocenters. The number of hydrogen-bond acceptors (Lipinski definition) is 4. The van der Waals surface area contributed by atoms with Crippen LogP contribution in [0.2, 0.25) is 0 Å². The molecule has 128 valence electrons. The van der Waals surface area contributed by atoms with Crippen LogP contribution in [0.4, 0.5) is 0 Å². The molecular weight excluding hydrogens is 316 g/mol. The number of amides is 1. The molecule has 1 amide bonds. The van der Waals surface area contributed by atoms with Crippen LogP contribution < -0.4 is 0 Å². The molecule has 25 heavy (non-hydrogen) atoms. The van der Waals surface area contributed by atoms with E-state index >= 15 is 0 Å². The summed E-state index contributed by atoms with van der Waals surface area (Å²) in [5.74, 6) is -0.0265. The van der Waals surface area contributed by atoms with Crippen molar-refractivity contribution in [2.45, 2.75) is 32.2 Å². The number of piperidine rings is 1. The Hall–Kier alpha value is -2.96. The van der Waals surface area contributed by atoms with E-state index < -0.39 is 0 Å². The second-order valence-corrected chi connectivity index (χ2v) is 6.39. The summed E-state index contributed by atoms with van der Waals surface area (Å²) in [5.41, 5.74) is 4.23. The molecule has 4 heterocycles. The second kappa shape index (κ2) is 6.51. The third-order valence-electron chi connectivity index (χ3n) is 4.73. The average Bonchev–Trinajstić information content (AvgIpc) is 3.31. The van der Waals surface area contributed by atoms with Crippen LogP contribution in [0.5, 0.6) is 0 Å². The average molecular weight is 336 g/mol. The lowest BCUT2D eigenvalue weighted by Crippen LogP contribution is -2.39. The maximum Gasteiger partial charge on any atom is 0.272 e. The molecule has 0 aromatic carbocycles. The Morgan fingerprint density at radius 3 is 2.96 bits per heavy atom. The predicted octanol–water partition coefficient (Wildman–Crippen LogP) is 2.87. The zero-order chi connectivity index (χ0) is 17.2. The third kappa shape index (κ3) is 2.93. The van der Waals surface area contributed by atoms with Gasteiger partial charge in [-0.05, 0) is 49.9 Å². The molecule has 2 N–H and O–H groups in total. The number of aromatic amines is 2. The van der Waals surface area contributed by atoms with E-state index in [9.17, 15) is 4.79 Å². The number of H-pyrrole nitrogens is 2. The summed E-state index contributed by atoms with van der Waals surface area (Å²) in [4.78, 5) is 19.1. The molecule has 7 heteroatoms. The first-order valence-electron chi connectivity index (χ1n) is 8.50. The van der Waals surface area contributed by atoms with Crippen molar-refractivity contribution < 1.29 is 4.79 Å². The standard InChI is InChI=1S/C18H20N6O/c1-12-10-20-23-17(12)16-6-2-3-8-24(16)18(25)15-9-14(21-22-15)13-5-4-7-19-11-13/h4-5,7,9-11,16H,2-3,6,8H2,1H3,(H,20,23)(H,21,22)/t16-/m1/s1. The summed E-state index contributed by atoms with van der Waals surface area (Å²) in [6.07, 6.45) is 8.33. The van der Waals surface area contributed by atoms with Crippen molar-refractivity contribution in [3.05, 3.63) is 53.7 Å². The minimum Gasteiger partial charge on any atom is -0.329 e. The fraction of sp³-hybridized carbons (Fsp3) is 0.333. The first-order valence-corrected chi connectivity index (χ1v) is 8.50. The van der Waals surface area contributed by atoms with Crippen LogP contribution in [0.1, 0.15) is 47.1 Å². The van der Waals surface area contributed by atoms with Gasteiger partial charge in [0, 0.05) is 24.5 Å². The van der Waals surface area contributed by atoms with Crippen molar-refractivity contribution in [1.82, 2.24) is 30.3 Å². The van der Waals surface area contributed by atoms with Gasteiger partial charge in [0.2, 0.25) is 0 Å². The van der Waals surface area contributed by atoms with E-state index in [4.69, 9.17) is 0 Å². The summed E-state index contributed by atoms with van der Waals surface area (Å²) in [6.45, 7) is 2.76. The van der Waals surface area contributed by atoms with E-state index in [1.54, 1.807) is 18.5 Å². The lowest BCUT2D eigenvalue weighted by atomic mass is 9.97. The van der Waals surface area contributed by atoms with Gasteiger partial charge in [-0.2, -0.15) is 10.2 Å². The fourth-order valence-electron chi connectivity index (χ4n) is 3.42. The molecule has 7 nitrogen and oxygen atoms in total. The smallest absolute Gasteiger partial charge is 0.272 e. The fourth-order valence-corrected chi connectivity index (χ4v) is 3.42. The van der Waals surface area contributed by atoms with E-state index in [1.165, 1.54) is 0 Å². The number of aryl methyl sites for hydroxylation is 1. The van der Waals surface area contributed by atoms with Crippen molar-refractivity contribution in [3.8, 4) is 11.3 Å². The number of rotatable bonds is 3. The first-order chi connectivity index (χ1) is 12.2. The van der Waals surface area contributed by atoms with Crippen LogP contribution in [-0.2, 0) is 0 Å². The van der Waals surface area contributed by atoms with Gasteiger partial charge in [0.05, 0.1) is 23.6 Å². The van der Waals surface area contributed by atoms with Crippen LogP contribution in [0.3, 0.4) is 0 Å². The molecule has 0 aliphatic carbocycles. The van der Waals surface area contributed by atoms with E-state index in [1.807, 2.05) is 30.2 Å². The summed E-state index contributed by atoms with van der Waals surface area (Å²) in [7, 11) is 0. The van der Waals surface area contributed by atoms with Gasteiger partial charge in [-0.3, -0.25) is 20.0 Å². The highest BCUT2D eigenvalue weighted by Gasteiger charge is 2.31. The Morgan fingerprint density at radius 2 is 2.20 bits per heavy atom. The Morgan fingerprint density at radius 1 is 1.28 bits per heavy atom. The molecule has 0 saturated carbocycles. The Bertz CT molecular complexity index is 869. The van der Waals surface area contributed by atoms with Gasteiger partial charge in [0.1, 0.15) is 5.69 Å². The Labute approximate surface area is 145 Å². The van der Waals surface area contributed by atoms with Crippen LogP contribution in [-0.4, -0.2) is 42.7 Å².